The summed E-state index contributed by atoms with van der Waals surface area (Å²) in [7, 11) is 0. The van der Waals surface area contributed by atoms with Crippen LogP contribution in [0.2, 0.25) is 0 Å². The quantitative estimate of drug-likeness (QED) is 0.845. The summed E-state index contributed by atoms with van der Waals surface area (Å²) in [5.74, 6) is 0.600. The molecule has 0 bridgehead atoms. The van der Waals surface area contributed by atoms with Crippen molar-refractivity contribution in [3.05, 3.63) is 23.3 Å². The maximum absolute atomic E-state index is 12.8. The van der Waals surface area contributed by atoms with E-state index in [1.54, 1.807) is 6.92 Å². The van der Waals surface area contributed by atoms with Crippen LogP contribution in [0.4, 0.5) is 13.2 Å². The van der Waals surface area contributed by atoms with Crippen LogP contribution in [-0.2, 0) is 12.7 Å². The van der Waals surface area contributed by atoms with Crippen LogP contribution in [0.5, 0.6) is 11.5 Å². The van der Waals surface area contributed by atoms with Gasteiger partial charge in [-0.15, -0.1) is 0 Å². The van der Waals surface area contributed by atoms with E-state index in [0.29, 0.717) is 31.2 Å². The molecule has 1 aromatic rings. The van der Waals surface area contributed by atoms with E-state index < -0.39 is 11.7 Å². The molecule has 1 aliphatic rings. The minimum atomic E-state index is -4.38. The molecule has 0 atom stereocenters. The fraction of sp³-hybridized carbons (Fsp3) is 0.538. The predicted molar refractivity (Wildman–Crippen MR) is 64.2 cm³/mol. The van der Waals surface area contributed by atoms with Gasteiger partial charge in [0.25, 0.3) is 0 Å². The highest BCUT2D eigenvalue weighted by molar-refractivity contribution is 5.51. The molecule has 3 nitrogen and oxygen atoms in total. The topological polar surface area (TPSA) is 21.7 Å². The van der Waals surface area contributed by atoms with Crippen molar-refractivity contribution in [2.45, 2.75) is 26.6 Å². The van der Waals surface area contributed by atoms with Gasteiger partial charge >= 0.3 is 6.18 Å². The third kappa shape index (κ3) is 2.94. The van der Waals surface area contributed by atoms with Gasteiger partial charge in [0, 0.05) is 12.1 Å². The molecule has 1 heterocycles. The Labute approximate surface area is 109 Å². The lowest BCUT2D eigenvalue weighted by atomic mass is 10.1. The first-order chi connectivity index (χ1) is 8.95. The molecule has 0 saturated heterocycles. The lowest BCUT2D eigenvalue weighted by Gasteiger charge is -2.29. The van der Waals surface area contributed by atoms with Crippen molar-refractivity contribution < 1.29 is 22.6 Å². The standard InChI is InChI=1S/C13H16F3NO2/c1-3-17-7-9-5-10(13(14,15)16)6-11(18-4-2)12(9)19-8-17/h5-6H,3-4,7-8H2,1-2H3. The number of benzene rings is 1. The number of alkyl halides is 3. The molecule has 0 unspecified atom stereocenters. The van der Waals surface area contributed by atoms with Crippen LogP contribution in [0.3, 0.4) is 0 Å². The Morgan fingerprint density at radius 3 is 2.63 bits per heavy atom. The highest BCUT2D eigenvalue weighted by Gasteiger charge is 2.34. The Hall–Kier alpha value is -1.43. The largest absolute Gasteiger partial charge is 0.490 e. The smallest absolute Gasteiger partial charge is 0.416 e. The zero-order valence-corrected chi connectivity index (χ0v) is 10.9. The number of hydrogen-bond acceptors (Lipinski definition) is 3. The van der Waals surface area contributed by atoms with Gasteiger partial charge in [0.15, 0.2) is 11.5 Å². The van der Waals surface area contributed by atoms with E-state index in [1.807, 2.05) is 11.8 Å². The number of nitrogens with zero attached hydrogens (tertiary/aromatic N) is 1. The molecule has 0 amide bonds. The Balaban J connectivity index is 2.44. The fourth-order valence-corrected chi connectivity index (χ4v) is 2.01. The van der Waals surface area contributed by atoms with E-state index in [-0.39, 0.29) is 5.75 Å². The van der Waals surface area contributed by atoms with E-state index in [1.165, 1.54) is 0 Å². The van der Waals surface area contributed by atoms with Crippen molar-refractivity contribution in [2.24, 2.45) is 0 Å². The van der Waals surface area contributed by atoms with E-state index >= 15 is 0 Å². The number of fused-ring (bicyclic) bond motifs is 1. The van der Waals surface area contributed by atoms with Gasteiger partial charge < -0.3 is 9.47 Å². The second-order valence-electron chi connectivity index (χ2n) is 4.31. The number of halogens is 3. The zero-order valence-electron chi connectivity index (χ0n) is 10.9. The van der Waals surface area contributed by atoms with Crippen molar-refractivity contribution in [3.8, 4) is 11.5 Å². The van der Waals surface area contributed by atoms with Gasteiger partial charge in [0.1, 0.15) is 6.73 Å². The molecular weight excluding hydrogens is 259 g/mol. The molecule has 0 N–H and O–H groups in total. The van der Waals surface area contributed by atoms with E-state index in [4.69, 9.17) is 9.47 Å². The highest BCUT2D eigenvalue weighted by Crippen LogP contribution is 2.41. The van der Waals surface area contributed by atoms with Crippen molar-refractivity contribution in [1.29, 1.82) is 0 Å². The summed E-state index contributed by atoms with van der Waals surface area (Å²) in [6, 6.07) is 2.14. The molecule has 0 fully saturated rings. The molecule has 19 heavy (non-hydrogen) atoms. The van der Waals surface area contributed by atoms with E-state index in [9.17, 15) is 13.2 Å². The van der Waals surface area contributed by atoms with Crippen LogP contribution in [-0.4, -0.2) is 24.8 Å². The van der Waals surface area contributed by atoms with Crippen molar-refractivity contribution in [3.63, 3.8) is 0 Å². The highest BCUT2D eigenvalue weighted by atomic mass is 19.4. The van der Waals surface area contributed by atoms with Crippen LogP contribution in [0, 0.1) is 0 Å². The first-order valence-corrected chi connectivity index (χ1v) is 6.17. The Bertz CT molecular complexity index is 460. The third-order valence-electron chi connectivity index (χ3n) is 2.99. The molecule has 0 saturated carbocycles. The Kier molecular flexibility index (Phi) is 3.89. The first-order valence-electron chi connectivity index (χ1n) is 6.17. The minimum absolute atomic E-state index is 0.170. The van der Waals surface area contributed by atoms with Gasteiger partial charge in [-0.1, -0.05) is 6.92 Å². The lowest BCUT2D eigenvalue weighted by molar-refractivity contribution is -0.137. The lowest BCUT2D eigenvalue weighted by Crippen LogP contribution is -2.32. The normalized spacial score (nSPS) is 15.8. The SMILES string of the molecule is CCOc1cc(C(F)(F)F)cc2c1OCN(CC)C2. The number of ether oxygens (including phenoxy) is 2. The first kappa shape index (κ1) is 14.0. The fourth-order valence-electron chi connectivity index (χ4n) is 2.01. The predicted octanol–water partition coefficient (Wildman–Crippen LogP) is 3.28. The van der Waals surface area contributed by atoms with Gasteiger partial charge in [0.2, 0.25) is 0 Å². The van der Waals surface area contributed by atoms with Gasteiger partial charge in [-0.25, -0.2) is 0 Å². The molecule has 106 valence electrons. The third-order valence-corrected chi connectivity index (χ3v) is 2.99. The Morgan fingerprint density at radius 2 is 2.05 bits per heavy atom. The molecule has 0 aromatic heterocycles. The summed E-state index contributed by atoms with van der Waals surface area (Å²) in [4.78, 5) is 1.91. The number of hydrogen-bond donors (Lipinski definition) is 0. The molecule has 0 radical (unpaired) electrons. The summed E-state index contributed by atoms with van der Waals surface area (Å²) in [5, 5.41) is 0. The maximum atomic E-state index is 12.8. The van der Waals surface area contributed by atoms with Crippen molar-refractivity contribution >= 4 is 0 Å². The molecule has 6 heteroatoms. The van der Waals surface area contributed by atoms with Gasteiger partial charge in [-0.2, -0.15) is 13.2 Å². The summed E-state index contributed by atoms with van der Waals surface area (Å²) in [5.41, 5.74) is -0.178. The molecule has 1 aliphatic heterocycles. The van der Waals surface area contributed by atoms with Crippen LogP contribution < -0.4 is 9.47 Å². The van der Waals surface area contributed by atoms with E-state index in [0.717, 1.165) is 18.7 Å². The molecule has 0 spiro atoms. The maximum Gasteiger partial charge on any atom is 0.416 e. The Morgan fingerprint density at radius 1 is 1.32 bits per heavy atom. The average Bonchev–Trinajstić information content (AvgIpc) is 2.37. The van der Waals surface area contributed by atoms with Crippen LogP contribution in [0.15, 0.2) is 12.1 Å². The summed E-state index contributed by atoms with van der Waals surface area (Å²) in [6.45, 7) is 5.50. The second-order valence-corrected chi connectivity index (χ2v) is 4.31. The van der Waals surface area contributed by atoms with Gasteiger partial charge in [-0.3, -0.25) is 4.90 Å². The van der Waals surface area contributed by atoms with Crippen LogP contribution in [0.1, 0.15) is 25.0 Å². The minimum Gasteiger partial charge on any atom is -0.490 e. The molecule has 2 rings (SSSR count). The van der Waals surface area contributed by atoms with Crippen LogP contribution in [0.25, 0.3) is 0 Å². The van der Waals surface area contributed by atoms with Crippen LogP contribution >= 0.6 is 0 Å². The second kappa shape index (κ2) is 5.28. The molecular formula is C13H16F3NO2. The van der Waals surface area contributed by atoms with Crippen molar-refractivity contribution in [1.82, 2.24) is 4.90 Å². The molecule has 0 aliphatic carbocycles. The molecule has 1 aromatic carbocycles. The average molecular weight is 275 g/mol. The monoisotopic (exact) mass is 275 g/mol. The zero-order chi connectivity index (χ0) is 14.0. The van der Waals surface area contributed by atoms with Gasteiger partial charge in [0.05, 0.1) is 12.2 Å². The summed E-state index contributed by atoms with van der Waals surface area (Å²) < 4.78 is 49.3. The summed E-state index contributed by atoms with van der Waals surface area (Å²) in [6.07, 6.45) is -4.38. The summed E-state index contributed by atoms with van der Waals surface area (Å²) >= 11 is 0. The van der Waals surface area contributed by atoms with Crippen molar-refractivity contribution in [2.75, 3.05) is 19.9 Å². The number of rotatable bonds is 3. The van der Waals surface area contributed by atoms with E-state index in [2.05, 4.69) is 0 Å². The van der Waals surface area contributed by atoms with Gasteiger partial charge in [-0.05, 0) is 25.6 Å².